The summed E-state index contributed by atoms with van der Waals surface area (Å²) < 4.78 is 14.0. The molecule has 0 bridgehead atoms. The maximum absolute atomic E-state index is 11.6. The fourth-order valence-electron chi connectivity index (χ4n) is 1.06. The third-order valence-corrected chi connectivity index (χ3v) is 1.82. The molecule has 1 rings (SSSR count). The van der Waals surface area contributed by atoms with Gasteiger partial charge in [0.15, 0.2) is 0 Å². The minimum absolute atomic E-state index is 0.182. The highest BCUT2D eigenvalue weighted by molar-refractivity contribution is 5.89. The lowest BCUT2D eigenvalue weighted by Gasteiger charge is -2.13. The van der Waals surface area contributed by atoms with Crippen molar-refractivity contribution in [2.24, 2.45) is 0 Å². The van der Waals surface area contributed by atoms with E-state index in [4.69, 9.17) is 10.5 Å². The van der Waals surface area contributed by atoms with E-state index in [0.29, 0.717) is 5.82 Å². The van der Waals surface area contributed by atoms with Crippen molar-refractivity contribution in [3.8, 4) is 0 Å². The van der Waals surface area contributed by atoms with Gasteiger partial charge in [0.1, 0.15) is 5.82 Å². The summed E-state index contributed by atoms with van der Waals surface area (Å²) in [5.41, 5.74) is 5.59. The molecule has 1 atom stereocenters. The van der Waals surface area contributed by atoms with Gasteiger partial charge in [0.2, 0.25) is 6.29 Å². The Balaban J connectivity index is 2.49. The zero-order chi connectivity index (χ0) is 13.5. The zero-order valence-corrected chi connectivity index (χ0v) is 10.1. The zero-order valence-electron chi connectivity index (χ0n) is 10.1. The van der Waals surface area contributed by atoms with Gasteiger partial charge in [-0.05, 0) is 19.1 Å². The highest BCUT2D eigenvalue weighted by Crippen LogP contribution is 2.06. The number of ether oxygens (including phenoxy) is 3. The van der Waals surface area contributed by atoms with Crippen molar-refractivity contribution in [2.45, 2.75) is 20.1 Å². The van der Waals surface area contributed by atoms with E-state index in [1.807, 2.05) is 0 Å². The molecule has 7 nitrogen and oxygen atoms in total. The molecule has 0 fully saturated rings. The fraction of sp³-hybridized carbons (Fsp3) is 0.364. The minimum atomic E-state index is -1.05. The summed E-state index contributed by atoms with van der Waals surface area (Å²) >= 11 is 0. The molecule has 2 N–H and O–H groups in total. The van der Waals surface area contributed by atoms with E-state index < -0.39 is 18.4 Å². The van der Waals surface area contributed by atoms with Gasteiger partial charge >= 0.3 is 12.1 Å². The van der Waals surface area contributed by atoms with E-state index in [1.165, 1.54) is 25.3 Å². The molecule has 7 heteroatoms. The van der Waals surface area contributed by atoms with E-state index in [1.54, 1.807) is 6.92 Å². The molecule has 0 saturated heterocycles. The number of rotatable bonds is 4. The number of carbonyl (C=O) groups excluding carboxylic acids is 2. The van der Waals surface area contributed by atoms with E-state index in [2.05, 4.69) is 14.5 Å². The Hall–Kier alpha value is -2.31. The summed E-state index contributed by atoms with van der Waals surface area (Å²) in [7, 11) is 0. The van der Waals surface area contributed by atoms with Crippen LogP contribution < -0.4 is 5.73 Å². The molecule has 0 saturated carbocycles. The van der Waals surface area contributed by atoms with Crippen LogP contribution in [-0.2, 0) is 14.2 Å². The van der Waals surface area contributed by atoms with Crippen molar-refractivity contribution in [1.82, 2.24) is 4.98 Å². The average Bonchev–Trinajstić information content (AvgIpc) is 2.29. The van der Waals surface area contributed by atoms with Gasteiger partial charge in [0.05, 0.1) is 12.2 Å². The molecule has 1 heterocycles. The molecule has 1 aromatic rings. The Morgan fingerprint density at radius 3 is 2.67 bits per heavy atom. The third-order valence-electron chi connectivity index (χ3n) is 1.82. The van der Waals surface area contributed by atoms with Crippen LogP contribution in [-0.4, -0.2) is 30.0 Å². The summed E-state index contributed by atoms with van der Waals surface area (Å²) in [5, 5.41) is 0. The Labute approximate surface area is 104 Å². The first-order valence-electron chi connectivity index (χ1n) is 5.28. The summed E-state index contributed by atoms with van der Waals surface area (Å²) in [6, 6.07) is 2.93. The molecule has 0 spiro atoms. The van der Waals surface area contributed by atoms with Gasteiger partial charge in [0.25, 0.3) is 0 Å². The number of nitrogens with zero attached hydrogens (tertiary/aromatic N) is 1. The van der Waals surface area contributed by atoms with Crippen molar-refractivity contribution in [2.75, 3.05) is 12.3 Å². The molecular weight excluding hydrogens is 240 g/mol. The molecule has 0 aromatic carbocycles. The minimum Gasteiger partial charge on any atom is -0.435 e. The van der Waals surface area contributed by atoms with Crippen molar-refractivity contribution >= 4 is 17.9 Å². The molecule has 0 aliphatic heterocycles. The van der Waals surface area contributed by atoms with Crippen LogP contribution in [0.1, 0.15) is 24.2 Å². The number of anilines is 1. The van der Waals surface area contributed by atoms with Crippen LogP contribution in [0.25, 0.3) is 0 Å². The number of hydrogen-bond donors (Lipinski definition) is 1. The van der Waals surface area contributed by atoms with Crippen LogP contribution in [0, 0.1) is 0 Å². The molecule has 98 valence electrons. The second kappa shape index (κ2) is 6.43. The highest BCUT2D eigenvalue weighted by Gasteiger charge is 2.16. The Bertz CT molecular complexity index is 418. The largest absolute Gasteiger partial charge is 0.511 e. The number of aromatic nitrogens is 1. The lowest BCUT2D eigenvalue weighted by molar-refractivity contribution is -0.0811. The van der Waals surface area contributed by atoms with Gasteiger partial charge in [-0.2, -0.15) is 0 Å². The lowest BCUT2D eigenvalue weighted by atomic mass is 10.3. The molecule has 1 aromatic heterocycles. The molecule has 0 aliphatic carbocycles. The van der Waals surface area contributed by atoms with Crippen molar-refractivity contribution in [3.63, 3.8) is 0 Å². The van der Waals surface area contributed by atoms with Crippen LogP contribution >= 0.6 is 0 Å². The van der Waals surface area contributed by atoms with Crippen LogP contribution in [0.4, 0.5) is 10.6 Å². The number of pyridine rings is 1. The maximum atomic E-state index is 11.6. The Morgan fingerprint density at radius 1 is 1.39 bits per heavy atom. The Morgan fingerprint density at radius 2 is 2.11 bits per heavy atom. The number of esters is 1. The lowest BCUT2D eigenvalue weighted by Crippen LogP contribution is -2.22. The first kappa shape index (κ1) is 13.8. The first-order valence-corrected chi connectivity index (χ1v) is 5.28. The standard InChI is InChI=1S/C11H14N2O5/c1-3-16-11(15)18-7(2)17-10(14)8-4-5-9(12)13-6-8/h4-7H,3H2,1-2H3,(H2,12,13). The van der Waals surface area contributed by atoms with Crippen LogP contribution in [0.5, 0.6) is 0 Å². The quantitative estimate of drug-likeness (QED) is 0.639. The monoisotopic (exact) mass is 254 g/mol. The fourth-order valence-corrected chi connectivity index (χ4v) is 1.06. The number of nitrogens with two attached hydrogens (primary N) is 1. The molecule has 18 heavy (non-hydrogen) atoms. The van der Waals surface area contributed by atoms with E-state index in [9.17, 15) is 9.59 Å². The van der Waals surface area contributed by atoms with Crippen LogP contribution in [0.2, 0.25) is 0 Å². The third kappa shape index (κ3) is 4.28. The number of carbonyl (C=O) groups is 2. The molecule has 0 aliphatic rings. The van der Waals surface area contributed by atoms with Crippen molar-refractivity contribution in [3.05, 3.63) is 23.9 Å². The van der Waals surface area contributed by atoms with Crippen molar-refractivity contribution < 1.29 is 23.8 Å². The van der Waals surface area contributed by atoms with Gasteiger partial charge in [0, 0.05) is 13.1 Å². The summed E-state index contributed by atoms with van der Waals surface area (Å²) in [5.74, 6) is -0.373. The second-order valence-electron chi connectivity index (χ2n) is 3.25. The van der Waals surface area contributed by atoms with E-state index in [-0.39, 0.29) is 12.2 Å². The summed E-state index contributed by atoms with van der Waals surface area (Å²) in [6.07, 6.45) is -0.670. The van der Waals surface area contributed by atoms with E-state index >= 15 is 0 Å². The maximum Gasteiger partial charge on any atom is 0.511 e. The van der Waals surface area contributed by atoms with Gasteiger partial charge in [-0.25, -0.2) is 14.6 Å². The summed E-state index contributed by atoms with van der Waals surface area (Å²) in [6.45, 7) is 3.22. The smallest absolute Gasteiger partial charge is 0.435 e. The van der Waals surface area contributed by atoms with Crippen LogP contribution in [0.3, 0.4) is 0 Å². The predicted octanol–water partition coefficient (Wildman–Crippen LogP) is 1.34. The highest BCUT2D eigenvalue weighted by atomic mass is 16.8. The van der Waals surface area contributed by atoms with Gasteiger partial charge in [-0.3, -0.25) is 0 Å². The molecule has 1 unspecified atom stereocenters. The van der Waals surface area contributed by atoms with Gasteiger partial charge in [-0.15, -0.1) is 0 Å². The second-order valence-corrected chi connectivity index (χ2v) is 3.25. The summed E-state index contributed by atoms with van der Waals surface area (Å²) in [4.78, 5) is 26.3. The Kier molecular flexibility index (Phi) is 4.91. The SMILES string of the molecule is CCOC(=O)OC(C)OC(=O)c1ccc(N)nc1. The average molecular weight is 254 g/mol. The van der Waals surface area contributed by atoms with Crippen LogP contribution in [0.15, 0.2) is 18.3 Å². The van der Waals surface area contributed by atoms with Gasteiger partial charge < -0.3 is 19.9 Å². The number of nitrogen functional groups attached to an aromatic ring is 1. The van der Waals surface area contributed by atoms with E-state index in [0.717, 1.165) is 0 Å². The molecular formula is C11H14N2O5. The van der Waals surface area contributed by atoms with Crippen molar-refractivity contribution in [1.29, 1.82) is 0 Å². The molecule has 0 amide bonds. The normalized spacial score (nSPS) is 11.4. The number of hydrogen-bond acceptors (Lipinski definition) is 7. The molecule has 0 radical (unpaired) electrons. The predicted molar refractivity (Wildman–Crippen MR) is 61.6 cm³/mol. The van der Waals surface area contributed by atoms with Gasteiger partial charge in [-0.1, -0.05) is 0 Å². The topological polar surface area (TPSA) is 101 Å². The first-order chi connectivity index (χ1) is 8.52.